The molecule has 0 aliphatic heterocycles. The van der Waals surface area contributed by atoms with Crippen LogP contribution in [0.15, 0.2) is 22.7 Å². The Balaban J connectivity index is 2.36. The molecule has 0 fully saturated rings. The van der Waals surface area contributed by atoms with E-state index < -0.39 is 0 Å². The number of nitro groups is 1. The summed E-state index contributed by atoms with van der Waals surface area (Å²) in [6.45, 7) is 4.67. The van der Waals surface area contributed by atoms with Gasteiger partial charge in [-0.1, -0.05) is 29.3 Å². The lowest BCUT2D eigenvalue weighted by molar-refractivity contribution is -0.385. The molecule has 0 radical (unpaired) electrons. The number of halogens is 1. The van der Waals surface area contributed by atoms with Crippen LogP contribution in [0.5, 0.6) is 0 Å². The van der Waals surface area contributed by atoms with Crippen LogP contribution in [0.2, 0.25) is 0 Å². The maximum Gasteiger partial charge on any atom is 0.273 e. The molecule has 6 heteroatoms. The molecule has 1 aromatic rings. The average Bonchev–Trinajstić information content (AvgIpc) is 2.37. The normalized spacial score (nSPS) is 10.6. The molecule has 0 spiro atoms. The molecular weight excluding hydrogens is 312 g/mol. The third-order valence-corrected chi connectivity index (χ3v) is 3.11. The van der Waals surface area contributed by atoms with Crippen molar-refractivity contribution in [3.05, 3.63) is 38.3 Å². The van der Waals surface area contributed by atoms with Gasteiger partial charge in [0, 0.05) is 35.8 Å². The topological polar surface area (TPSA) is 64.4 Å². The predicted octanol–water partition coefficient (Wildman–Crippen LogP) is 3.26. The lowest BCUT2D eigenvalue weighted by Gasteiger charge is -2.07. The monoisotopic (exact) mass is 330 g/mol. The van der Waals surface area contributed by atoms with Crippen LogP contribution in [0.1, 0.15) is 25.3 Å². The Hall–Kier alpha value is -0.980. The average molecular weight is 331 g/mol. The highest BCUT2D eigenvalue weighted by Crippen LogP contribution is 2.22. The third kappa shape index (κ3) is 6.13. The summed E-state index contributed by atoms with van der Waals surface area (Å²) in [5.41, 5.74) is 0.815. The second-order valence-electron chi connectivity index (χ2n) is 4.17. The molecule has 5 nitrogen and oxygen atoms in total. The molecule has 19 heavy (non-hydrogen) atoms. The van der Waals surface area contributed by atoms with Gasteiger partial charge in [0.25, 0.3) is 5.69 Å². The number of nitrogens with one attached hydrogen (secondary N) is 1. The molecule has 106 valence electrons. The Labute approximate surface area is 121 Å². The molecule has 0 amide bonds. The summed E-state index contributed by atoms with van der Waals surface area (Å²) < 4.78 is 6.25. The highest BCUT2D eigenvalue weighted by atomic mass is 79.9. The molecule has 0 atom stereocenters. The van der Waals surface area contributed by atoms with E-state index in [0.29, 0.717) is 25.3 Å². The SMILES string of the molecule is CCCCOCCNCc1cc(Br)ccc1[N+](=O)[O-]. The van der Waals surface area contributed by atoms with Gasteiger partial charge in [-0.15, -0.1) is 0 Å². The number of unbranched alkanes of at least 4 members (excludes halogenated alkanes) is 1. The lowest BCUT2D eigenvalue weighted by atomic mass is 10.2. The zero-order valence-corrected chi connectivity index (χ0v) is 12.6. The van der Waals surface area contributed by atoms with E-state index in [0.717, 1.165) is 23.9 Å². The zero-order valence-electron chi connectivity index (χ0n) is 11.0. The highest BCUT2D eigenvalue weighted by Gasteiger charge is 2.12. The Morgan fingerprint density at radius 3 is 2.89 bits per heavy atom. The number of nitro benzene ring substituents is 1. The maximum absolute atomic E-state index is 10.9. The van der Waals surface area contributed by atoms with E-state index in [4.69, 9.17) is 4.74 Å². The van der Waals surface area contributed by atoms with E-state index in [-0.39, 0.29) is 10.6 Å². The number of ether oxygens (including phenoxy) is 1. The van der Waals surface area contributed by atoms with Gasteiger partial charge in [-0.3, -0.25) is 10.1 Å². The Morgan fingerprint density at radius 2 is 2.21 bits per heavy atom. The summed E-state index contributed by atoms with van der Waals surface area (Å²) in [6.07, 6.45) is 2.19. The van der Waals surface area contributed by atoms with Crippen LogP contribution >= 0.6 is 15.9 Å². The van der Waals surface area contributed by atoms with Gasteiger partial charge in [-0.05, 0) is 18.6 Å². The third-order valence-electron chi connectivity index (χ3n) is 2.62. The second kappa shape index (κ2) is 9.01. The standard InChI is InChI=1S/C13H19BrN2O3/c1-2-3-7-19-8-6-15-10-11-9-12(14)4-5-13(11)16(17)18/h4-5,9,15H,2-3,6-8,10H2,1H3. The van der Waals surface area contributed by atoms with Crippen LogP contribution < -0.4 is 5.32 Å². The van der Waals surface area contributed by atoms with Crippen molar-refractivity contribution in [2.75, 3.05) is 19.8 Å². The maximum atomic E-state index is 10.9. The molecule has 1 N–H and O–H groups in total. The van der Waals surface area contributed by atoms with Gasteiger partial charge in [0.05, 0.1) is 11.5 Å². The van der Waals surface area contributed by atoms with E-state index >= 15 is 0 Å². The van der Waals surface area contributed by atoms with E-state index in [9.17, 15) is 10.1 Å². The van der Waals surface area contributed by atoms with Gasteiger partial charge in [0.15, 0.2) is 0 Å². The van der Waals surface area contributed by atoms with Crippen LogP contribution in [-0.4, -0.2) is 24.7 Å². The van der Waals surface area contributed by atoms with E-state index in [1.165, 1.54) is 6.07 Å². The lowest BCUT2D eigenvalue weighted by Crippen LogP contribution is -2.20. The molecule has 0 aliphatic carbocycles. The van der Waals surface area contributed by atoms with Crippen LogP contribution in [0.25, 0.3) is 0 Å². The molecule has 1 aromatic carbocycles. The molecule has 0 bridgehead atoms. The summed E-state index contributed by atoms with van der Waals surface area (Å²) in [5.74, 6) is 0. The fourth-order valence-corrected chi connectivity index (χ4v) is 2.00. The fraction of sp³-hybridized carbons (Fsp3) is 0.538. The summed E-state index contributed by atoms with van der Waals surface area (Å²) in [7, 11) is 0. The number of nitrogens with zero attached hydrogens (tertiary/aromatic N) is 1. The van der Waals surface area contributed by atoms with Crippen molar-refractivity contribution in [1.29, 1.82) is 0 Å². The summed E-state index contributed by atoms with van der Waals surface area (Å²) >= 11 is 3.32. The minimum atomic E-state index is -0.360. The second-order valence-corrected chi connectivity index (χ2v) is 5.09. The Bertz CT molecular complexity index is 413. The largest absolute Gasteiger partial charge is 0.380 e. The molecule has 0 heterocycles. The van der Waals surface area contributed by atoms with Crippen molar-refractivity contribution >= 4 is 21.6 Å². The van der Waals surface area contributed by atoms with Crippen LogP contribution in [0, 0.1) is 10.1 Å². The van der Waals surface area contributed by atoms with E-state index in [1.54, 1.807) is 12.1 Å². The van der Waals surface area contributed by atoms with Crippen molar-refractivity contribution in [2.24, 2.45) is 0 Å². The van der Waals surface area contributed by atoms with Crippen LogP contribution in [-0.2, 0) is 11.3 Å². The van der Waals surface area contributed by atoms with E-state index in [1.807, 2.05) is 0 Å². The van der Waals surface area contributed by atoms with Crippen molar-refractivity contribution in [2.45, 2.75) is 26.3 Å². The first-order chi connectivity index (χ1) is 9.15. The smallest absolute Gasteiger partial charge is 0.273 e. The van der Waals surface area contributed by atoms with Gasteiger partial charge in [0.1, 0.15) is 0 Å². The Kier molecular flexibility index (Phi) is 7.62. The van der Waals surface area contributed by atoms with Crippen molar-refractivity contribution in [3.63, 3.8) is 0 Å². The van der Waals surface area contributed by atoms with Gasteiger partial charge >= 0.3 is 0 Å². The number of hydrogen-bond acceptors (Lipinski definition) is 4. The predicted molar refractivity (Wildman–Crippen MR) is 78.2 cm³/mol. The minimum Gasteiger partial charge on any atom is -0.380 e. The molecular formula is C13H19BrN2O3. The quantitative estimate of drug-likeness (QED) is 0.428. The minimum absolute atomic E-state index is 0.141. The zero-order chi connectivity index (χ0) is 14.1. The van der Waals surface area contributed by atoms with E-state index in [2.05, 4.69) is 28.2 Å². The molecule has 0 saturated heterocycles. The fourth-order valence-electron chi connectivity index (χ4n) is 1.59. The first-order valence-electron chi connectivity index (χ1n) is 6.36. The van der Waals surface area contributed by atoms with Gasteiger partial charge < -0.3 is 10.1 Å². The number of hydrogen-bond donors (Lipinski definition) is 1. The molecule has 0 aliphatic rings. The molecule has 0 aromatic heterocycles. The van der Waals surface area contributed by atoms with Crippen molar-refractivity contribution in [1.82, 2.24) is 5.32 Å². The Morgan fingerprint density at radius 1 is 1.42 bits per heavy atom. The van der Waals surface area contributed by atoms with Crippen molar-refractivity contribution < 1.29 is 9.66 Å². The summed E-state index contributed by atoms with van der Waals surface area (Å²) in [6, 6.07) is 4.96. The van der Waals surface area contributed by atoms with Crippen LogP contribution in [0.3, 0.4) is 0 Å². The number of benzene rings is 1. The van der Waals surface area contributed by atoms with Crippen LogP contribution in [0.4, 0.5) is 5.69 Å². The first-order valence-corrected chi connectivity index (χ1v) is 7.15. The number of rotatable bonds is 9. The van der Waals surface area contributed by atoms with Gasteiger partial charge in [-0.2, -0.15) is 0 Å². The summed E-state index contributed by atoms with van der Waals surface area (Å²) in [4.78, 5) is 10.5. The molecule has 1 rings (SSSR count). The van der Waals surface area contributed by atoms with Gasteiger partial charge in [0.2, 0.25) is 0 Å². The highest BCUT2D eigenvalue weighted by molar-refractivity contribution is 9.10. The van der Waals surface area contributed by atoms with Crippen molar-refractivity contribution in [3.8, 4) is 0 Å². The summed E-state index contributed by atoms with van der Waals surface area (Å²) in [5, 5.41) is 14.0. The molecule has 0 saturated carbocycles. The first kappa shape index (κ1) is 16.1. The van der Waals surface area contributed by atoms with Gasteiger partial charge in [-0.25, -0.2) is 0 Å². The molecule has 0 unspecified atom stereocenters.